The van der Waals surface area contributed by atoms with E-state index in [2.05, 4.69) is 136 Å². The highest BCUT2D eigenvalue weighted by Gasteiger charge is 2.36. The molecule has 0 spiro atoms. The molecule has 1 aliphatic rings. The van der Waals surface area contributed by atoms with E-state index in [-0.39, 0.29) is 21.7 Å². The molecule has 2 nitrogen and oxygen atoms in total. The molecule has 2 aromatic rings. The van der Waals surface area contributed by atoms with E-state index in [9.17, 15) is 0 Å². The predicted octanol–water partition coefficient (Wildman–Crippen LogP) is 8.74. The Morgan fingerprint density at radius 2 is 1.00 bits per heavy atom. The molecule has 0 radical (unpaired) electrons. The fourth-order valence-corrected chi connectivity index (χ4v) is 5.81. The molecule has 1 heterocycles. The van der Waals surface area contributed by atoms with Crippen LogP contribution < -0.4 is 0 Å². The summed E-state index contributed by atoms with van der Waals surface area (Å²) in [6.45, 7) is 31.5. The van der Waals surface area contributed by atoms with Gasteiger partial charge in [0.2, 0.25) is 0 Å². The highest BCUT2D eigenvalue weighted by Crippen LogP contribution is 2.47. The third-order valence-electron chi connectivity index (χ3n) is 7.61. The van der Waals surface area contributed by atoms with Crippen molar-refractivity contribution in [1.29, 1.82) is 0 Å². The van der Waals surface area contributed by atoms with Crippen LogP contribution in [0.25, 0.3) is 0 Å². The minimum absolute atomic E-state index is 0.0581. The number of benzene rings is 2. The summed E-state index contributed by atoms with van der Waals surface area (Å²) in [6, 6.07) is 14.2. The lowest BCUT2D eigenvalue weighted by atomic mass is 9.66. The Kier molecular flexibility index (Phi) is 7.91. The van der Waals surface area contributed by atoms with Crippen molar-refractivity contribution in [2.45, 2.75) is 117 Å². The van der Waals surface area contributed by atoms with E-state index in [0.717, 1.165) is 26.1 Å². The lowest BCUT2D eigenvalue weighted by molar-refractivity contribution is 0.431. The van der Waals surface area contributed by atoms with Crippen LogP contribution in [0.2, 0.25) is 0 Å². The number of nitrogens with zero attached hydrogens (tertiary/aromatic N) is 2. The molecule has 0 atom stereocenters. The molecule has 1 aliphatic heterocycles. The monoisotopic (exact) mass is 488 g/mol. The zero-order valence-electron chi connectivity index (χ0n) is 25.3. The van der Waals surface area contributed by atoms with Crippen LogP contribution in [0.4, 0.5) is 0 Å². The standard InChI is InChI=1S/C34H52N2/c1-31(2,3)25-15-13-16-26(32(4,5)6)29(25)24(19-21-36-22-20-35-23-36)30-27(33(7,8)9)17-14-18-28(30)34(10,11)12/h13-18,23-24H,19-22H2,1-12H3. The second-order valence-electron chi connectivity index (χ2n) is 14.9. The second-order valence-corrected chi connectivity index (χ2v) is 14.9. The molecule has 0 saturated carbocycles. The summed E-state index contributed by atoms with van der Waals surface area (Å²) >= 11 is 0. The van der Waals surface area contributed by atoms with Crippen LogP contribution in [-0.2, 0) is 21.7 Å². The topological polar surface area (TPSA) is 15.6 Å². The van der Waals surface area contributed by atoms with Crippen molar-refractivity contribution >= 4 is 6.34 Å². The van der Waals surface area contributed by atoms with E-state index < -0.39 is 0 Å². The zero-order chi connectivity index (χ0) is 27.1. The summed E-state index contributed by atoms with van der Waals surface area (Å²) in [7, 11) is 0. The van der Waals surface area contributed by atoms with Gasteiger partial charge in [-0.05, 0) is 61.5 Å². The van der Waals surface area contributed by atoms with E-state index in [4.69, 9.17) is 0 Å². The quantitative estimate of drug-likeness (QED) is 0.411. The van der Waals surface area contributed by atoms with Gasteiger partial charge in [0.1, 0.15) is 0 Å². The normalized spacial score (nSPS) is 15.3. The van der Waals surface area contributed by atoms with Gasteiger partial charge in [0.15, 0.2) is 0 Å². The Morgan fingerprint density at radius 1 is 0.639 bits per heavy atom. The predicted molar refractivity (Wildman–Crippen MR) is 159 cm³/mol. The van der Waals surface area contributed by atoms with Crippen LogP contribution >= 0.6 is 0 Å². The molecule has 0 unspecified atom stereocenters. The highest BCUT2D eigenvalue weighted by molar-refractivity contribution is 5.58. The van der Waals surface area contributed by atoms with Crippen LogP contribution in [0.5, 0.6) is 0 Å². The van der Waals surface area contributed by atoms with E-state index in [1.54, 1.807) is 11.1 Å². The van der Waals surface area contributed by atoms with E-state index in [0.29, 0.717) is 5.92 Å². The van der Waals surface area contributed by atoms with Gasteiger partial charge in [-0.1, -0.05) is 119 Å². The Labute approximate surface area is 222 Å². The Balaban J connectivity index is 2.43. The Morgan fingerprint density at radius 3 is 1.28 bits per heavy atom. The molecule has 0 aromatic heterocycles. The first-order valence-corrected chi connectivity index (χ1v) is 13.9. The van der Waals surface area contributed by atoms with Crippen molar-refractivity contribution in [1.82, 2.24) is 4.90 Å². The average molecular weight is 489 g/mol. The Bertz CT molecular complexity index is 938. The van der Waals surface area contributed by atoms with Gasteiger partial charge in [0.25, 0.3) is 0 Å². The SMILES string of the molecule is CC(C)(C)c1cccc(C(C)(C)C)c1C(CCN1C=NCC1)c1c(C(C)(C)C)cccc1C(C)(C)C. The van der Waals surface area contributed by atoms with E-state index in [1.165, 1.54) is 22.3 Å². The third-order valence-corrected chi connectivity index (χ3v) is 7.61. The molecular formula is C34H52N2. The molecule has 0 N–H and O–H groups in total. The van der Waals surface area contributed by atoms with E-state index >= 15 is 0 Å². The Hall–Kier alpha value is -2.09. The van der Waals surface area contributed by atoms with Gasteiger partial charge in [-0.2, -0.15) is 0 Å². The van der Waals surface area contributed by atoms with Gasteiger partial charge >= 0.3 is 0 Å². The van der Waals surface area contributed by atoms with Gasteiger partial charge in [-0.15, -0.1) is 0 Å². The van der Waals surface area contributed by atoms with Crippen LogP contribution in [0, 0.1) is 0 Å². The van der Waals surface area contributed by atoms with Crippen LogP contribution in [0.1, 0.15) is 129 Å². The van der Waals surface area contributed by atoms with Gasteiger partial charge in [-0.3, -0.25) is 4.99 Å². The first-order chi connectivity index (χ1) is 16.4. The molecular weight excluding hydrogens is 436 g/mol. The first kappa shape index (κ1) is 28.5. The van der Waals surface area contributed by atoms with Crippen LogP contribution in [0.15, 0.2) is 41.4 Å². The summed E-state index contributed by atoms with van der Waals surface area (Å²) in [5.74, 6) is 0.313. The summed E-state index contributed by atoms with van der Waals surface area (Å²) in [6.07, 6.45) is 3.15. The maximum atomic E-state index is 4.52. The van der Waals surface area contributed by atoms with E-state index in [1.807, 2.05) is 0 Å². The summed E-state index contributed by atoms with van der Waals surface area (Å²) in [5, 5.41) is 0. The van der Waals surface area contributed by atoms with Gasteiger partial charge in [-0.25, -0.2) is 0 Å². The number of hydrogen-bond donors (Lipinski definition) is 0. The van der Waals surface area contributed by atoms with Crippen LogP contribution in [0.3, 0.4) is 0 Å². The highest BCUT2D eigenvalue weighted by atomic mass is 15.2. The van der Waals surface area contributed by atoms with Gasteiger partial charge < -0.3 is 4.90 Å². The third kappa shape index (κ3) is 6.24. The zero-order valence-corrected chi connectivity index (χ0v) is 25.3. The molecule has 36 heavy (non-hydrogen) atoms. The summed E-state index contributed by atoms with van der Waals surface area (Å²) in [4.78, 5) is 6.93. The molecule has 3 rings (SSSR count). The smallest absolute Gasteiger partial charge is 0.0851 e. The molecule has 198 valence electrons. The molecule has 0 saturated heterocycles. The second kappa shape index (κ2) is 9.99. The molecule has 0 fully saturated rings. The fourth-order valence-electron chi connectivity index (χ4n) is 5.81. The summed E-state index contributed by atoms with van der Waals surface area (Å²) < 4.78 is 0. The lowest BCUT2D eigenvalue weighted by Gasteiger charge is -2.39. The van der Waals surface area contributed by atoms with Crippen molar-refractivity contribution in [3.05, 3.63) is 69.8 Å². The van der Waals surface area contributed by atoms with Crippen LogP contribution in [-0.4, -0.2) is 30.9 Å². The van der Waals surface area contributed by atoms with Gasteiger partial charge in [0.05, 0.1) is 12.9 Å². The van der Waals surface area contributed by atoms with Gasteiger partial charge in [0, 0.05) is 19.0 Å². The molecule has 0 amide bonds. The summed E-state index contributed by atoms with van der Waals surface area (Å²) in [5.41, 5.74) is 9.27. The fraction of sp³-hybridized carbons (Fsp3) is 0.618. The minimum atomic E-state index is 0.0581. The molecule has 2 heteroatoms. The number of hydrogen-bond acceptors (Lipinski definition) is 2. The van der Waals surface area contributed by atoms with Crippen molar-refractivity contribution in [2.75, 3.05) is 19.6 Å². The number of rotatable bonds is 5. The first-order valence-electron chi connectivity index (χ1n) is 13.9. The van der Waals surface area contributed by atoms with Crippen molar-refractivity contribution in [3.8, 4) is 0 Å². The number of aliphatic imine (C=N–C) groups is 1. The largest absolute Gasteiger partial charge is 0.361 e. The minimum Gasteiger partial charge on any atom is -0.361 e. The molecule has 0 bridgehead atoms. The van der Waals surface area contributed by atoms with Crippen molar-refractivity contribution < 1.29 is 0 Å². The average Bonchev–Trinajstić information content (AvgIpc) is 3.24. The van der Waals surface area contributed by atoms with Crippen molar-refractivity contribution in [3.63, 3.8) is 0 Å². The maximum Gasteiger partial charge on any atom is 0.0851 e. The molecule has 0 aliphatic carbocycles. The molecule has 2 aromatic carbocycles. The maximum absolute atomic E-state index is 4.52. The van der Waals surface area contributed by atoms with Crippen molar-refractivity contribution in [2.24, 2.45) is 4.99 Å². The lowest BCUT2D eigenvalue weighted by Crippen LogP contribution is -2.30.